The van der Waals surface area contributed by atoms with Crippen molar-refractivity contribution in [3.05, 3.63) is 13.5 Å². The summed E-state index contributed by atoms with van der Waals surface area (Å²) in [6.45, 7) is 8.85. The van der Waals surface area contributed by atoms with Gasteiger partial charge in [0.2, 0.25) is 0 Å². The van der Waals surface area contributed by atoms with Crippen LogP contribution in [0.2, 0.25) is 0 Å². The predicted octanol–water partition coefficient (Wildman–Crippen LogP) is 3.75. The van der Waals surface area contributed by atoms with E-state index in [1.165, 1.54) is 32.1 Å². The lowest BCUT2D eigenvalue weighted by atomic mass is 10.2. The Bertz CT molecular complexity index is 61.4. The van der Waals surface area contributed by atoms with Gasteiger partial charge in [-0.3, -0.25) is 0 Å². The lowest BCUT2D eigenvalue weighted by molar-refractivity contribution is 0.184. The lowest BCUT2D eigenvalue weighted by Gasteiger charge is -2.01. The van der Waals surface area contributed by atoms with Crippen molar-refractivity contribution in [2.24, 2.45) is 0 Å². The lowest BCUT2D eigenvalue weighted by Crippen LogP contribution is -1.91. The standard InChI is InChI=1S/C11H22O/c1-3-5-7-9-11-12-10-8-6-4-2/h11H,1,3-10H2,2H3. The van der Waals surface area contributed by atoms with Crippen LogP contribution in [-0.2, 0) is 4.74 Å². The zero-order valence-electron chi connectivity index (χ0n) is 8.35. The Morgan fingerprint density at radius 3 is 2.67 bits per heavy atom. The van der Waals surface area contributed by atoms with Crippen LogP contribution < -0.4 is 0 Å². The monoisotopic (exact) mass is 170 g/mol. The van der Waals surface area contributed by atoms with E-state index in [0.29, 0.717) is 0 Å². The summed E-state index contributed by atoms with van der Waals surface area (Å²) in [5.41, 5.74) is 0. The van der Waals surface area contributed by atoms with Crippen molar-refractivity contribution in [2.45, 2.75) is 51.9 Å². The molecule has 0 aromatic carbocycles. The van der Waals surface area contributed by atoms with E-state index in [2.05, 4.69) is 13.8 Å². The van der Waals surface area contributed by atoms with Gasteiger partial charge in [-0.1, -0.05) is 46.0 Å². The maximum atomic E-state index is 5.34. The molecular formula is C11H22O. The summed E-state index contributed by atoms with van der Waals surface area (Å²) in [7, 11) is 0. The van der Waals surface area contributed by atoms with Crippen molar-refractivity contribution < 1.29 is 4.74 Å². The Balaban J connectivity index is 2.73. The Labute approximate surface area is 77.5 Å². The van der Waals surface area contributed by atoms with Crippen molar-refractivity contribution in [3.8, 4) is 0 Å². The highest BCUT2D eigenvalue weighted by Gasteiger charge is 1.90. The molecule has 0 saturated carbocycles. The average molecular weight is 170 g/mol. The second-order valence-corrected chi connectivity index (χ2v) is 3.09. The van der Waals surface area contributed by atoms with Crippen LogP contribution >= 0.6 is 0 Å². The van der Waals surface area contributed by atoms with Crippen LogP contribution in [-0.4, -0.2) is 6.61 Å². The third-order valence-electron chi connectivity index (χ3n) is 1.81. The number of ether oxygens (including phenoxy) is 1. The molecule has 0 amide bonds. The molecule has 0 aliphatic rings. The molecule has 0 atom stereocenters. The molecule has 2 radical (unpaired) electrons. The topological polar surface area (TPSA) is 9.23 Å². The maximum absolute atomic E-state index is 5.34. The Hall–Kier alpha value is -0.0400. The van der Waals surface area contributed by atoms with Gasteiger partial charge in [0.05, 0.1) is 6.61 Å². The zero-order chi connectivity index (χ0) is 9.07. The molecule has 0 N–H and O–H groups in total. The summed E-state index contributed by atoms with van der Waals surface area (Å²) < 4.78 is 5.34. The molecule has 0 unspecified atom stereocenters. The van der Waals surface area contributed by atoms with E-state index >= 15 is 0 Å². The summed E-state index contributed by atoms with van der Waals surface area (Å²) in [4.78, 5) is 0. The fourth-order valence-corrected chi connectivity index (χ4v) is 1.01. The highest BCUT2D eigenvalue weighted by atomic mass is 16.5. The van der Waals surface area contributed by atoms with Gasteiger partial charge in [0.25, 0.3) is 0 Å². The van der Waals surface area contributed by atoms with E-state index in [-0.39, 0.29) is 0 Å². The van der Waals surface area contributed by atoms with E-state index in [9.17, 15) is 0 Å². The molecule has 0 heterocycles. The molecule has 0 saturated heterocycles. The quantitative estimate of drug-likeness (QED) is 0.479. The minimum atomic E-state index is 0.901. The predicted molar refractivity (Wildman–Crippen MR) is 53.6 cm³/mol. The van der Waals surface area contributed by atoms with Crippen molar-refractivity contribution in [2.75, 3.05) is 6.61 Å². The van der Waals surface area contributed by atoms with Gasteiger partial charge in [0.1, 0.15) is 0 Å². The smallest absolute Gasteiger partial charge is 0.0836 e. The average Bonchev–Trinajstić information content (AvgIpc) is 2.10. The number of unbranched alkanes of at least 4 members (excludes halogenated alkanes) is 5. The van der Waals surface area contributed by atoms with Gasteiger partial charge < -0.3 is 4.74 Å². The number of rotatable bonds is 9. The maximum Gasteiger partial charge on any atom is 0.0836 e. The Morgan fingerprint density at radius 1 is 1.17 bits per heavy atom. The normalized spacial score (nSPS) is 10.5. The van der Waals surface area contributed by atoms with Gasteiger partial charge in [-0.25, -0.2) is 0 Å². The van der Waals surface area contributed by atoms with Gasteiger partial charge >= 0.3 is 0 Å². The van der Waals surface area contributed by atoms with E-state index in [1.54, 1.807) is 0 Å². The van der Waals surface area contributed by atoms with Crippen LogP contribution in [0.1, 0.15) is 51.9 Å². The van der Waals surface area contributed by atoms with Crippen molar-refractivity contribution in [1.82, 2.24) is 0 Å². The second-order valence-electron chi connectivity index (χ2n) is 3.09. The molecule has 12 heavy (non-hydrogen) atoms. The molecule has 0 fully saturated rings. The van der Waals surface area contributed by atoms with Crippen LogP contribution in [0.15, 0.2) is 0 Å². The Kier molecular flexibility index (Phi) is 10.9. The molecular weight excluding hydrogens is 148 g/mol. The van der Waals surface area contributed by atoms with Gasteiger partial charge in [-0.2, -0.15) is 0 Å². The summed E-state index contributed by atoms with van der Waals surface area (Å²) in [6, 6.07) is 0. The second kappa shape index (κ2) is 11.0. The van der Waals surface area contributed by atoms with Crippen LogP contribution in [0.3, 0.4) is 0 Å². The SMILES string of the molecule is [CH2]CCCC[CH]OCCCCC. The van der Waals surface area contributed by atoms with Gasteiger partial charge in [-0.15, -0.1) is 0 Å². The summed E-state index contributed by atoms with van der Waals surface area (Å²) in [5.74, 6) is 0. The number of hydrogen-bond acceptors (Lipinski definition) is 1. The van der Waals surface area contributed by atoms with Gasteiger partial charge in [0, 0.05) is 6.61 Å². The Morgan fingerprint density at radius 2 is 2.00 bits per heavy atom. The van der Waals surface area contributed by atoms with E-state index in [4.69, 9.17) is 4.74 Å². The molecule has 72 valence electrons. The zero-order valence-corrected chi connectivity index (χ0v) is 8.35. The first-order valence-corrected chi connectivity index (χ1v) is 5.14. The summed E-state index contributed by atoms with van der Waals surface area (Å²) in [5, 5.41) is 0. The van der Waals surface area contributed by atoms with Crippen LogP contribution in [0.25, 0.3) is 0 Å². The van der Waals surface area contributed by atoms with Gasteiger partial charge in [-0.05, 0) is 12.8 Å². The first-order chi connectivity index (χ1) is 5.91. The third-order valence-corrected chi connectivity index (χ3v) is 1.81. The molecule has 0 aromatic rings. The first kappa shape index (κ1) is 12.0. The van der Waals surface area contributed by atoms with Crippen LogP contribution in [0.4, 0.5) is 0 Å². The molecule has 0 rings (SSSR count). The van der Waals surface area contributed by atoms with E-state index in [0.717, 1.165) is 19.4 Å². The fraction of sp³-hybridized carbons (Fsp3) is 0.818. The van der Waals surface area contributed by atoms with Gasteiger partial charge in [0.15, 0.2) is 0 Å². The molecule has 0 aliphatic carbocycles. The minimum absolute atomic E-state index is 0.901. The molecule has 0 aliphatic heterocycles. The summed E-state index contributed by atoms with van der Waals surface area (Å²) in [6.07, 6.45) is 8.32. The molecule has 1 nitrogen and oxygen atoms in total. The highest BCUT2D eigenvalue weighted by molar-refractivity contribution is 4.52. The van der Waals surface area contributed by atoms with E-state index < -0.39 is 0 Å². The minimum Gasteiger partial charge on any atom is -0.376 e. The fourth-order valence-electron chi connectivity index (χ4n) is 1.01. The third kappa shape index (κ3) is 9.96. The first-order valence-electron chi connectivity index (χ1n) is 5.14. The highest BCUT2D eigenvalue weighted by Crippen LogP contribution is 2.03. The van der Waals surface area contributed by atoms with Crippen LogP contribution in [0.5, 0.6) is 0 Å². The van der Waals surface area contributed by atoms with Crippen LogP contribution in [0, 0.1) is 13.5 Å². The molecule has 0 aromatic heterocycles. The largest absolute Gasteiger partial charge is 0.376 e. The van der Waals surface area contributed by atoms with Crippen molar-refractivity contribution in [1.29, 1.82) is 0 Å². The van der Waals surface area contributed by atoms with Crippen molar-refractivity contribution >= 4 is 0 Å². The molecule has 0 bridgehead atoms. The number of hydrogen-bond donors (Lipinski definition) is 0. The van der Waals surface area contributed by atoms with Crippen molar-refractivity contribution in [3.63, 3.8) is 0 Å². The molecule has 0 spiro atoms. The van der Waals surface area contributed by atoms with E-state index in [1.807, 2.05) is 6.61 Å². The molecule has 1 heteroatoms. The summed E-state index contributed by atoms with van der Waals surface area (Å²) >= 11 is 0.